The van der Waals surface area contributed by atoms with E-state index in [9.17, 15) is 4.79 Å². The zero-order valence-electron chi connectivity index (χ0n) is 9.96. The highest BCUT2D eigenvalue weighted by Gasteiger charge is 2.24. The van der Waals surface area contributed by atoms with Crippen molar-refractivity contribution >= 4 is 6.09 Å². The maximum atomic E-state index is 11.3. The van der Waals surface area contributed by atoms with Crippen molar-refractivity contribution < 1.29 is 14.3 Å². The third kappa shape index (κ3) is 3.12. The van der Waals surface area contributed by atoms with Crippen molar-refractivity contribution in [3.8, 4) is 5.75 Å². The molecule has 1 heterocycles. The van der Waals surface area contributed by atoms with Gasteiger partial charge in [-0.15, -0.1) is 0 Å². The number of methoxy groups -OCH3 is 1. The zero-order chi connectivity index (χ0) is 12.1. The highest BCUT2D eigenvalue weighted by atomic mass is 16.5. The molecule has 1 amide bonds. The lowest BCUT2D eigenvalue weighted by Gasteiger charge is -2.31. The van der Waals surface area contributed by atoms with E-state index in [4.69, 9.17) is 4.74 Å². The normalized spacial score (nSPS) is 16.6. The molecule has 1 aliphatic rings. The Morgan fingerprint density at radius 3 is 2.47 bits per heavy atom. The van der Waals surface area contributed by atoms with E-state index in [1.807, 2.05) is 30.3 Å². The SMILES string of the molecule is COC(=O)N1CCC(Oc2ccccc2)CC1. The Labute approximate surface area is 101 Å². The number of ether oxygens (including phenoxy) is 2. The van der Waals surface area contributed by atoms with Gasteiger partial charge >= 0.3 is 6.09 Å². The predicted octanol–water partition coefficient (Wildman–Crippen LogP) is 2.30. The van der Waals surface area contributed by atoms with Crippen molar-refractivity contribution in [2.24, 2.45) is 0 Å². The summed E-state index contributed by atoms with van der Waals surface area (Å²) >= 11 is 0. The minimum atomic E-state index is -0.247. The Hall–Kier alpha value is -1.71. The summed E-state index contributed by atoms with van der Waals surface area (Å²) in [6.45, 7) is 1.40. The zero-order valence-corrected chi connectivity index (χ0v) is 9.96. The number of amides is 1. The summed E-state index contributed by atoms with van der Waals surface area (Å²) < 4.78 is 10.5. The Morgan fingerprint density at radius 1 is 1.24 bits per heavy atom. The lowest BCUT2D eigenvalue weighted by molar-refractivity contribution is 0.0791. The average Bonchev–Trinajstić information content (AvgIpc) is 2.40. The lowest BCUT2D eigenvalue weighted by Crippen LogP contribution is -2.41. The summed E-state index contributed by atoms with van der Waals surface area (Å²) in [5.74, 6) is 0.893. The van der Waals surface area contributed by atoms with Crippen LogP contribution in [-0.4, -0.2) is 37.3 Å². The van der Waals surface area contributed by atoms with Crippen LogP contribution in [0.2, 0.25) is 0 Å². The van der Waals surface area contributed by atoms with E-state index in [1.165, 1.54) is 7.11 Å². The van der Waals surface area contributed by atoms with Crippen molar-refractivity contribution in [2.75, 3.05) is 20.2 Å². The molecule has 1 fully saturated rings. The second kappa shape index (κ2) is 5.57. The summed E-state index contributed by atoms with van der Waals surface area (Å²) in [5, 5.41) is 0. The first-order valence-electron chi connectivity index (χ1n) is 5.84. The number of nitrogens with zero attached hydrogens (tertiary/aromatic N) is 1. The van der Waals surface area contributed by atoms with Gasteiger partial charge in [-0.25, -0.2) is 4.79 Å². The Kier molecular flexibility index (Phi) is 3.85. The molecule has 17 heavy (non-hydrogen) atoms. The molecule has 0 spiro atoms. The molecule has 0 atom stereocenters. The van der Waals surface area contributed by atoms with Crippen LogP contribution in [0.3, 0.4) is 0 Å². The number of rotatable bonds is 2. The first kappa shape index (κ1) is 11.8. The minimum Gasteiger partial charge on any atom is -0.490 e. The Bertz CT molecular complexity index is 358. The third-order valence-corrected chi connectivity index (χ3v) is 2.92. The molecule has 0 aromatic heterocycles. The third-order valence-electron chi connectivity index (χ3n) is 2.92. The minimum absolute atomic E-state index is 0.193. The van der Waals surface area contributed by atoms with Gasteiger partial charge in [0, 0.05) is 25.9 Å². The molecule has 4 nitrogen and oxygen atoms in total. The van der Waals surface area contributed by atoms with Crippen LogP contribution >= 0.6 is 0 Å². The highest BCUT2D eigenvalue weighted by Crippen LogP contribution is 2.18. The Balaban J connectivity index is 1.82. The fraction of sp³-hybridized carbons (Fsp3) is 0.462. The van der Waals surface area contributed by atoms with Gasteiger partial charge in [-0.05, 0) is 12.1 Å². The standard InChI is InChI=1S/C13H17NO3/c1-16-13(15)14-9-7-12(8-10-14)17-11-5-3-2-4-6-11/h2-6,12H,7-10H2,1H3. The van der Waals surface area contributed by atoms with Crippen LogP contribution in [0.4, 0.5) is 4.79 Å². The number of piperidine rings is 1. The molecule has 0 unspecified atom stereocenters. The number of hydrogen-bond acceptors (Lipinski definition) is 3. The molecular formula is C13H17NO3. The second-order valence-electron chi connectivity index (χ2n) is 4.09. The van der Waals surface area contributed by atoms with Crippen LogP contribution in [-0.2, 0) is 4.74 Å². The molecule has 0 saturated carbocycles. The van der Waals surface area contributed by atoms with Crippen LogP contribution < -0.4 is 4.74 Å². The molecule has 1 aromatic rings. The van der Waals surface area contributed by atoms with Crippen LogP contribution in [0.1, 0.15) is 12.8 Å². The molecule has 1 saturated heterocycles. The number of carbonyl (C=O) groups is 1. The second-order valence-corrected chi connectivity index (χ2v) is 4.09. The molecule has 1 aromatic carbocycles. The van der Waals surface area contributed by atoms with Crippen LogP contribution in [0.5, 0.6) is 5.75 Å². The first-order valence-corrected chi connectivity index (χ1v) is 5.84. The van der Waals surface area contributed by atoms with Gasteiger partial charge in [-0.2, -0.15) is 0 Å². The van der Waals surface area contributed by atoms with E-state index in [0.717, 1.165) is 18.6 Å². The number of likely N-dealkylation sites (tertiary alicyclic amines) is 1. The van der Waals surface area contributed by atoms with Gasteiger partial charge in [0.2, 0.25) is 0 Å². The summed E-state index contributed by atoms with van der Waals surface area (Å²) in [7, 11) is 1.41. The van der Waals surface area contributed by atoms with Crippen LogP contribution in [0.15, 0.2) is 30.3 Å². The Morgan fingerprint density at radius 2 is 1.88 bits per heavy atom. The van der Waals surface area contributed by atoms with Gasteiger partial charge in [0.25, 0.3) is 0 Å². The topological polar surface area (TPSA) is 38.8 Å². The van der Waals surface area contributed by atoms with E-state index in [0.29, 0.717) is 13.1 Å². The highest BCUT2D eigenvalue weighted by molar-refractivity contribution is 5.67. The van der Waals surface area contributed by atoms with E-state index in [-0.39, 0.29) is 12.2 Å². The summed E-state index contributed by atoms with van der Waals surface area (Å²) in [6, 6.07) is 9.78. The largest absolute Gasteiger partial charge is 0.490 e. The van der Waals surface area contributed by atoms with Crippen molar-refractivity contribution in [3.05, 3.63) is 30.3 Å². The van der Waals surface area contributed by atoms with E-state index < -0.39 is 0 Å². The fourth-order valence-corrected chi connectivity index (χ4v) is 1.98. The van der Waals surface area contributed by atoms with Gasteiger partial charge in [-0.3, -0.25) is 0 Å². The van der Waals surface area contributed by atoms with Crippen molar-refractivity contribution in [3.63, 3.8) is 0 Å². The van der Waals surface area contributed by atoms with Gasteiger partial charge in [0.05, 0.1) is 7.11 Å². The van der Waals surface area contributed by atoms with E-state index in [2.05, 4.69) is 4.74 Å². The number of carbonyl (C=O) groups excluding carboxylic acids is 1. The maximum absolute atomic E-state index is 11.3. The van der Waals surface area contributed by atoms with Gasteiger partial charge < -0.3 is 14.4 Å². The summed E-state index contributed by atoms with van der Waals surface area (Å²) in [5.41, 5.74) is 0. The molecule has 4 heteroatoms. The number of benzene rings is 1. The number of para-hydroxylation sites is 1. The average molecular weight is 235 g/mol. The molecule has 0 N–H and O–H groups in total. The van der Waals surface area contributed by atoms with Crippen molar-refractivity contribution in [1.82, 2.24) is 4.90 Å². The molecule has 0 radical (unpaired) electrons. The molecule has 0 bridgehead atoms. The predicted molar refractivity (Wildman–Crippen MR) is 64.1 cm³/mol. The summed E-state index contributed by atoms with van der Waals surface area (Å²) in [6.07, 6.45) is 1.65. The first-order chi connectivity index (χ1) is 8.29. The van der Waals surface area contributed by atoms with Crippen LogP contribution in [0, 0.1) is 0 Å². The van der Waals surface area contributed by atoms with Gasteiger partial charge in [0.15, 0.2) is 0 Å². The lowest BCUT2D eigenvalue weighted by atomic mass is 10.1. The van der Waals surface area contributed by atoms with Gasteiger partial charge in [0.1, 0.15) is 11.9 Å². The van der Waals surface area contributed by atoms with Crippen molar-refractivity contribution in [1.29, 1.82) is 0 Å². The molecule has 0 aliphatic carbocycles. The molecule has 2 rings (SSSR count). The van der Waals surface area contributed by atoms with Crippen LogP contribution in [0.25, 0.3) is 0 Å². The van der Waals surface area contributed by atoms with Crippen molar-refractivity contribution in [2.45, 2.75) is 18.9 Å². The van der Waals surface area contributed by atoms with E-state index >= 15 is 0 Å². The molecule has 1 aliphatic heterocycles. The molecule has 92 valence electrons. The maximum Gasteiger partial charge on any atom is 0.409 e. The summed E-state index contributed by atoms with van der Waals surface area (Å²) in [4.78, 5) is 13.0. The quantitative estimate of drug-likeness (QED) is 0.789. The smallest absolute Gasteiger partial charge is 0.409 e. The monoisotopic (exact) mass is 235 g/mol. The van der Waals surface area contributed by atoms with Gasteiger partial charge in [-0.1, -0.05) is 18.2 Å². The number of hydrogen-bond donors (Lipinski definition) is 0. The fourth-order valence-electron chi connectivity index (χ4n) is 1.98. The van der Waals surface area contributed by atoms with E-state index in [1.54, 1.807) is 4.90 Å². The molecular weight excluding hydrogens is 218 g/mol.